The summed E-state index contributed by atoms with van der Waals surface area (Å²) >= 11 is 0. The third-order valence-electron chi connectivity index (χ3n) is 4.31. The van der Waals surface area contributed by atoms with Crippen LogP contribution in [0.5, 0.6) is 0 Å². The van der Waals surface area contributed by atoms with Gasteiger partial charge in [0.25, 0.3) is 0 Å². The zero-order valence-corrected chi connectivity index (χ0v) is 14.3. The molecule has 2 rings (SSSR count). The SMILES string of the molecule is Cc1nc2c(nc1C)=C(C(C)(C)C)CCC=2C(C)(C)C. The number of aryl methyl sites for hydroxylation is 2. The van der Waals surface area contributed by atoms with Crippen molar-refractivity contribution in [3.63, 3.8) is 0 Å². The number of hydrogen-bond donors (Lipinski definition) is 0. The molecule has 0 aromatic carbocycles. The minimum atomic E-state index is 0.161. The molecule has 0 spiro atoms. The molecule has 2 heteroatoms. The summed E-state index contributed by atoms with van der Waals surface area (Å²) in [6.45, 7) is 17.8. The quantitative estimate of drug-likeness (QED) is 0.724. The smallest absolute Gasteiger partial charge is 0.0887 e. The van der Waals surface area contributed by atoms with Gasteiger partial charge in [0.05, 0.1) is 22.1 Å². The summed E-state index contributed by atoms with van der Waals surface area (Å²) in [6.07, 6.45) is 2.22. The molecule has 1 heterocycles. The van der Waals surface area contributed by atoms with E-state index >= 15 is 0 Å². The summed E-state index contributed by atoms with van der Waals surface area (Å²) in [5, 5.41) is 2.30. The molecule has 0 saturated heterocycles. The first-order valence-electron chi connectivity index (χ1n) is 7.60. The number of hydrogen-bond acceptors (Lipinski definition) is 2. The van der Waals surface area contributed by atoms with Gasteiger partial charge in [0.2, 0.25) is 0 Å². The van der Waals surface area contributed by atoms with Crippen LogP contribution in [0.15, 0.2) is 0 Å². The third kappa shape index (κ3) is 2.65. The van der Waals surface area contributed by atoms with E-state index in [4.69, 9.17) is 9.97 Å². The number of nitrogens with zero attached hydrogens (tertiary/aromatic N) is 2. The van der Waals surface area contributed by atoms with E-state index in [2.05, 4.69) is 55.4 Å². The molecule has 0 bridgehead atoms. The maximum atomic E-state index is 4.90. The second kappa shape index (κ2) is 4.68. The van der Waals surface area contributed by atoms with Crippen molar-refractivity contribution in [3.8, 4) is 0 Å². The number of rotatable bonds is 0. The Bertz CT molecular complexity index is 593. The molecule has 0 unspecified atom stereocenters. The van der Waals surface area contributed by atoms with Gasteiger partial charge in [0, 0.05) is 0 Å². The van der Waals surface area contributed by atoms with Crippen LogP contribution in [0.2, 0.25) is 0 Å². The van der Waals surface area contributed by atoms with Gasteiger partial charge < -0.3 is 0 Å². The minimum absolute atomic E-state index is 0.161. The first-order chi connectivity index (χ1) is 9.01. The fourth-order valence-electron chi connectivity index (χ4n) is 2.97. The molecule has 0 N–H and O–H groups in total. The van der Waals surface area contributed by atoms with E-state index in [1.165, 1.54) is 11.1 Å². The van der Waals surface area contributed by atoms with Crippen molar-refractivity contribution in [3.05, 3.63) is 22.1 Å². The van der Waals surface area contributed by atoms with Crippen molar-refractivity contribution in [2.75, 3.05) is 0 Å². The van der Waals surface area contributed by atoms with Crippen molar-refractivity contribution in [1.29, 1.82) is 0 Å². The molecule has 0 radical (unpaired) electrons. The summed E-state index contributed by atoms with van der Waals surface area (Å²) in [6, 6.07) is 0. The molecular weight excluding hydrogens is 244 g/mol. The molecule has 1 aliphatic rings. The second-order valence-corrected chi connectivity index (χ2v) is 8.05. The topological polar surface area (TPSA) is 25.8 Å². The van der Waals surface area contributed by atoms with Crippen LogP contribution < -0.4 is 10.7 Å². The Morgan fingerprint density at radius 3 is 1.20 bits per heavy atom. The van der Waals surface area contributed by atoms with E-state index in [1.807, 2.05) is 0 Å². The zero-order valence-electron chi connectivity index (χ0n) is 14.3. The molecule has 1 aromatic heterocycles. The molecule has 0 fully saturated rings. The lowest BCUT2D eigenvalue weighted by Crippen LogP contribution is -2.43. The fraction of sp³-hybridized carbons (Fsp3) is 0.667. The molecule has 0 saturated carbocycles. The lowest BCUT2D eigenvalue weighted by atomic mass is 9.75. The summed E-state index contributed by atoms with van der Waals surface area (Å²) in [4.78, 5) is 9.81. The van der Waals surface area contributed by atoms with Crippen LogP contribution in [0.3, 0.4) is 0 Å². The highest BCUT2D eigenvalue weighted by atomic mass is 14.8. The Morgan fingerprint density at radius 2 is 0.950 bits per heavy atom. The molecule has 1 aliphatic carbocycles. The Morgan fingerprint density at radius 1 is 0.650 bits per heavy atom. The van der Waals surface area contributed by atoms with Crippen LogP contribution in [-0.4, -0.2) is 9.97 Å². The van der Waals surface area contributed by atoms with Gasteiger partial charge in [0.1, 0.15) is 0 Å². The molecule has 0 aliphatic heterocycles. The van der Waals surface area contributed by atoms with Crippen molar-refractivity contribution >= 4 is 11.1 Å². The lowest BCUT2D eigenvalue weighted by molar-refractivity contribution is 0.512. The highest BCUT2D eigenvalue weighted by Gasteiger charge is 2.27. The van der Waals surface area contributed by atoms with Crippen LogP contribution in [0, 0.1) is 24.7 Å². The molecule has 20 heavy (non-hydrogen) atoms. The van der Waals surface area contributed by atoms with Gasteiger partial charge in [-0.25, -0.2) is 9.97 Å². The number of aromatic nitrogens is 2. The fourth-order valence-corrected chi connectivity index (χ4v) is 2.97. The van der Waals surface area contributed by atoms with E-state index in [-0.39, 0.29) is 10.8 Å². The molecule has 0 atom stereocenters. The van der Waals surface area contributed by atoms with Crippen LogP contribution >= 0.6 is 0 Å². The maximum Gasteiger partial charge on any atom is 0.0887 e. The highest BCUT2D eigenvalue weighted by molar-refractivity contribution is 5.60. The van der Waals surface area contributed by atoms with E-state index in [0.717, 1.165) is 34.9 Å². The highest BCUT2D eigenvalue weighted by Crippen LogP contribution is 2.36. The largest absolute Gasteiger partial charge is 0.250 e. The monoisotopic (exact) mass is 272 g/mol. The van der Waals surface area contributed by atoms with Gasteiger partial charge in [0.15, 0.2) is 0 Å². The van der Waals surface area contributed by atoms with Gasteiger partial charge in [-0.15, -0.1) is 0 Å². The van der Waals surface area contributed by atoms with E-state index < -0.39 is 0 Å². The molecule has 2 nitrogen and oxygen atoms in total. The van der Waals surface area contributed by atoms with E-state index in [0.29, 0.717) is 0 Å². The predicted molar refractivity (Wildman–Crippen MR) is 85.7 cm³/mol. The normalized spacial score (nSPS) is 16.4. The maximum absolute atomic E-state index is 4.90. The molecular formula is C18H28N2. The lowest BCUT2D eigenvalue weighted by Gasteiger charge is -2.31. The Kier molecular flexibility index (Phi) is 3.56. The predicted octanol–water partition coefficient (Wildman–Crippen LogP) is 3.28. The third-order valence-corrected chi connectivity index (χ3v) is 4.31. The Labute approximate surface area is 123 Å². The van der Waals surface area contributed by atoms with Crippen LogP contribution in [-0.2, 0) is 0 Å². The van der Waals surface area contributed by atoms with Crippen molar-refractivity contribution in [2.24, 2.45) is 10.8 Å². The van der Waals surface area contributed by atoms with Crippen molar-refractivity contribution < 1.29 is 0 Å². The van der Waals surface area contributed by atoms with Crippen LogP contribution in [0.4, 0.5) is 0 Å². The van der Waals surface area contributed by atoms with Crippen LogP contribution in [0.25, 0.3) is 11.1 Å². The first-order valence-corrected chi connectivity index (χ1v) is 7.60. The average molecular weight is 272 g/mol. The molecule has 110 valence electrons. The average Bonchev–Trinajstić information content (AvgIpc) is 2.26. The van der Waals surface area contributed by atoms with E-state index in [9.17, 15) is 0 Å². The summed E-state index contributed by atoms with van der Waals surface area (Å²) in [5.41, 5.74) is 5.34. The minimum Gasteiger partial charge on any atom is -0.250 e. The van der Waals surface area contributed by atoms with Crippen molar-refractivity contribution in [1.82, 2.24) is 9.97 Å². The molecule has 1 aromatic rings. The summed E-state index contributed by atoms with van der Waals surface area (Å²) < 4.78 is 0. The second-order valence-electron chi connectivity index (χ2n) is 8.05. The van der Waals surface area contributed by atoms with Gasteiger partial charge in [-0.3, -0.25) is 0 Å². The summed E-state index contributed by atoms with van der Waals surface area (Å²) in [5.74, 6) is 0. The zero-order chi connectivity index (χ0) is 15.3. The van der Waals surface area contributed by atoms with E-state index in [1.54, 1.807) is 0 Å². The van der Waals surface area contributed by atoms with Gasteiger partial charge >= 0.3 is 0 Å². The van der Waals surface area contributed by atoms with Crippen molar-refractivity contribution in [2.45, 2.75) is 68.2 Å². The van der Waals surface area contributed by atoms with Crippen LogP contribution in [0.1, 0.15) is 65.8 Å². The Hall–Kier alpha value is -1.18. The van der Waals surface area contributed by atoms with Gasteiger partial charge in [-0.05, 0) is 48.7 Å². The Balaban J connectivity index is 2.99. The van der Waals surface area contributed by atoms with Gasteiger partial charge in [-0.1, -0.05) is 41.5 Å². The molecule has 0 amide bonds. The van der Waals surface area contributed by atoms with Gasteiger partial charge in [-0.2, -0.15) is 0 Å². The first kappa shape index (κ1) is 15.2. The standard InChI is InChI=1S/C18H28N2/c1-11-12(2)20-16-14(18(6,7)8)10-9-13(15(16)19-11)17(3,4)5/h9-10H2,1-8H3. The number of fused-ring (bicyclic) bond motifs is 1. The summed E-state index contributed by atoms with van der Waals surface area (Å²) in [7, 11) is 0.